The minimum absolute atomic E-state index is 0.310. The molecule has 2 aromatic rings. The van der Waals surface area contributed by atoms with Crippen LogP contribution in [0.2, 0.25) is 15.1 Å². The van der Waals surface area contributed by atoms with Crippen molar-refractivity contribution in [1.82, 2.24) is 0 Å². The van der Waals surface area contributed by atoms with Crippen LogP contribution in [0.5, 0.6) is 0 Å². The lowest BCUT2D eigenvalue weighted by atomic mass is 10.0. The summed E-state index contributed by atoms with van der Waals surface area (Å²) in [7, 11) is 0. The number of halogens is 5. The molecule has 2 aromatic carbocycles. The van der Waals surface area contributed by atoms with Gasteiger partial charge in [-0.05, 0) is 17.7 Å². The summed E-state index contributed by atoms with van der Waals surface area (Å²) >= 11 is 21.1. The molecule has 0 radical (unpaired) electrons. The molecule has 0 saturated heterocycles. The van der Waals surface area contributed by atoms with E-state index in [2.05, 4.69) is 15.9 Å². The lowest BCUT2D eigenvalue weighted by molar-refractivity contribution is 0.621. The molecule has 0 spiro atoms. The highest BCUT2D eigenvalue weighted by atomic mass is 79.9. The van der Waals surface area contributed by atoms with Crippen molar-refractivity contribution in [3.63, 3.8) is 0 Å². The first kappa shape index (κ1) is 14.1. The maximum Gasteiger partial charge on any atom is 0.135 e. The van der Waals surface area contributed by atoms with Crippen molar-refractivity contribution in [2.24, 2.45) is 0 Å². The largest absolute Gasteiger partial charge is 0.206 e. The number of rotatable bonds is 2. The van der Waals surface area contributed by atoms with Gasteiger partial charge in [-0.2, -0.15) is 0 Å². The van der Waals surface area contributed by atoms with Crippen molar-refractivity contribution in [3.05, 3.63) is 56.8 Å². The van der Waals surface area contributed by atoms with E-state index in [-0.39, 0.29) is 5.82 Å². The molecule has 0 N–H and O–H groups in total. The molecular weight excluding hydrogens is 361 g/mol. The Morgan fingerprint density at radius 2 is 1.61 bits per heavy atom. The molecule has 0 aromatic heterocycles. The Balaban J connectivity index is 2.66. The first-order valence-corrected chi connectivity index (χ1v) is 7.28. The number of hydrogen-bond acceptors (Lipinski definition) is 0. The van der Waals surface area contributed by atoms with Gasteiger partial charge in [0.2, 0.25) is 0 Å². The van der Waals surface area contributed by atoms with Crippen molar-refractivity contribution >= 4 is 50.7 Å². The normalized spacial score (nSPS) is 10.7. The number of benzene rings is 2. The van der Waals surface area contributed by atoms with Gasteiger partial charge in [0.25, 0.3) is 0 Å². The Hall–Kier alpha value is -0.280. The van der Waals surface area contributed by atoms with Gasteiger partial charge in [0.1, 0.15) is 5.82 Å². The molecule has 94 valence electrons. The van der Waals surface area contributed by atoms with Crippen LogP contribution in [-0.2, 0) is 5.33 Å². The van der Waals surface area contributed by atoms with Gasteiger partial charge >= 0.3 is 0 Å². The SMILES string of the molecule is Fc1c(CBr)cccc1-c1cc(Cl)c(Cl)cc1Cl. The van der Waals surface area contributed by atoms with Crippen molar-refractivity contribution in [2.45, 2.75) is 5.33 Å². The predicted molar refractivity (Wildman–Crippen MR) is 79.5 cm³/mol. The van der Waals surface area contributed by atoms with Crippen molar-refractivity contribution in [3.8, 4) is 11.1 Å². The molecule has 18 heavy (non-hydrogen) atoms. The van der Waals surface area contributed by atoms with Crippen LogP contribution >= 0.6 is 50.7 Å². The third kappa shape index (κ3) is 2.67. The van der Waals surface area contributed by atoms with Crippen LogP contribution < -0.4 is 0 Å². The summed E-state index contributed by atoms with van der Waals surface area (Å²) in [5, 5.41) is 1.50. The van der Waals surface area contributed by atoms with Gasteiger partial charge in [-0.3, -0.25) is 0 Å². The van der Waals surface area contributed by atoms with Crippen molar-refractivity contribution in [2.75, 3.05) is 0 Å². The molecule has 0 aliphatic carbocycles. The molecule has 0 saturated carbocycles. The summed E-state index contributed by atoms with van der Waals surface area (Å²) in [6, 6.07) is 8.23. The van der Waals surface area contributed by atoms with Crippen molar-refractivity contribution < 1.29 is 4.39 Å². The van der Waals surface area contributed by atoms with Gasteiger partial charge in [-0.15, -0.1) is 0 Å². The Kier molecular flexibility index (Phi) is 4.54. The summed E-state index contributed by atoms with van der Waals surface area (Å²) in [5.74, 6) is -0.310. The fraction of sp³-hybridized carbons (Fsp3) is 0.0769. The molecular formula is C13H7BrCl3F. The highest BCUT2D eigenvalue weighted by Crippen LogP contribution is 2.37. The first-order chi connectivity index (χ1) is 8.54. The third-order valence-electron chi connectivity index (χ3n) is 2.52. The summed E-state index contributed by atoms with van der Waals surface area (Å²) < 4.78 is 14.2. The minimum Gasteiger partial charge on any atom is -0.206 e. The zero-order valence-corrected chi connectivity index (χ0v) is 12.8. The van der Waals surface area contributed by atoms with E-state index in [9.17, 15) is 4.39 Å². The van der Waals surface area contributed by atoms with E-state index < -0.39 is 0 Å². The minimum atomic E-state index is -0.310. The Morgan fingerprint density at radius 3 is 2.28 bits per heavy atom. The fourth-order valence-electron chi connectivity index (χ4n) is 1.62. The average Bonchev–Trinajstić information content (AvgIpc) is 2.34. The summed E-state index contributed by atoms with van der Waals surface area (Å²) in [6.07, 6.45) is 0. The second-order valence-corrected chi connectivity index (χ2v) is 5.44. The van der Waals surface area contributed by atoms with Gasteiger partial charge in [-0.25, -0.2) is 4.39 Å². The monoisotopic (exact) mass is 366 g/mol. The van der Waals surface area contributed by atoms with Gasteiger partial charge in [0.05, 0.1) is 15.1 Å². The van der Waals surface area contributed by atoms with Crippen LogP contribution in [0.15, 0.2) is 30.3 Å². The van der Waals surface area contributed by atoms with Crippen LogP contribution in [0.1, 0.15) is 5.56 Å². The number of hydrogen-bond donors (Lipinski definition) is 0. The van der Waals surface area contributed by atoms with E-state index in [1.807, 2.05) is 0 Å². The van der Waals surface area contributed by atoms with Crippen LogP contribution in [0.4, 0.5) is 4.39 Å². The Bertz CT molecular complexity index is 599. The predicted octanol–water partition coefficient (Wildman–Crippen LogP) is 6.35. The molecule has 0 nitrogen and oxygen atoms in total. The van der Waals surface area contributed by atoms with Crippen LogP contribution in [0, 0.1) is 5.82 Å². The molecule has 5 heteroatoms. The van der Waals surface area contributed by atoms with Crippen LogP contribution in [-0.4, -0.2) is 0 Å². The average molecular weight is 368 g/mol. The molecule has 0 aliphatic heterocycles. The molecule has 0 amide bonds. The topological polar surface area (TPSA) is 0 Å². The van der Waals surface area contributed by atoms with E-state index >= 15 is 0 Å². The second kappa shape index (κ2) is 5.79. The van der Waals surface area contributed by atoms with Crippen LogP contribution in [0.25, 0.3) is 11.1 Å². The molecule has 0 aliphatic rings. The molecule has 2 rings (SSSR count). The van der Waals surface area contributed by atoms with E-state index in [4.69, 9.17) is 34.8 Å². The quantitative estimate of drug-likeness (QED) is 0.428. The van der Waals surface area contributed by atoms with Gasteiger partial charge in [0.15, 0.2) is 0 Å². The molecule has 0 heterocycles. The van der Waals surface area contributed by atoms with Gasteiger partial charge in [0, 0.05) is 16.5 Å². The Labute approximate surface area is 128 Å². The van der Waals surface area contributed by atoms with Gasteiger partial charge < -0.3 is 0 Å². The molecule has 0 atom stereocenters. The zero-order valence-electron chi connectivity index (χ0n) is 8.98. The highest BCUT2D eigenvalue weighted by molar-refractivity contribution is 9.08. The van der Waals surface area contributed by atoms with E-state index in [0.717, 1.165) is 0 Å². The molecule has 0 fully saturated rings. The van der Waals surface area contributed by atoms with E-state index in [1.165, 1.54) is 6.07 Å². The lowest BCUT2D eigenvalue weighted by Gasteiger charge is -2.10. The summed E-state index contributed by atoms with van der Waals surface area (Å²) in [4.78, 5) is 0. The maximum absolute atomic E-state index is 14.2. The van der Waals surface area contributed by atoms with Gasteiger partial charge in [-0.1, -0.05) is 68.9 Å². The summed E-state index contributed by atoms with van der Waals surface area (Å²) in [5.41, 5.74) is 1.51. The smallest absolute Gasteiger partial charge is 0.135 e. The third-order valence-corrected chi connectivity index (χ3v) is 4.16. The lowest BCUT2D eigenvalue weighted by Crippen LogP contribution is -1.91. The second-order valence-electron chi connectivity index (χ2n) is 3.66. The summed E-state index contributed by atoms with van der Waals surface area (Å²) in [6.45, 7) is 0. The van der Waals surface area contributed by atoms with Crippen LogP contribution in [0.3, 0.4) is 0 Å². The first-order valence-electron chi connectivity index (χ1n) is 5.03. The fourth-order valence-corrected chi connectivity index (χ4v) is 2.70. The van der Waals surface area contributed by atoms with E-state index in [1.54, 1.807) is 24.3 Å². The Morgan fingerprint density at radius 1 is 0.944 bits per heavy atom. The molecule has 0 unspecified atom stereocenters. The number of alkyl halides is 1. The standard InChI is InChI=1S/C13H7BrCl3F/c14-6-7-2-1-3-8(13(7)18)9-4-11(16)12(17)5-10(9)15/h1-5H,6H2. The molecule has 0 bridgehead atoms. The maximum atomic E-state index is 14.2. The highest BCUT2D eigenvalue weighted by Gasteiger charge is 2.14. The van der Waals surface area contributed by atoms with Crippen molar-refractivity contribution in [1.29, 1.82) is 0 Å². The van der Waals surface area contributed by atoms with E-state index in [0.29, 0.717) is 37.1 Å². The zero-order chi connectivity index (χ0) is 13.3.